The molecule has 188 valence electrons. The van der Waals surface area contributed by atoms with Crippen molar-refractivity contribution in [2.45, 2.75) is 25.4 Å². The van der Waals surface area contributed by atoms with E-state index in [9.17, 15) is 18.7 Å². The molecule has 3 aromatic rings. The molecule has 3 atom stereocenters. The Labute approximate surface area is 207 Å². The van der Waals surface area contributed by atoms with E-state index in [-0.39, 0.29) is 31.0 Å². The quantitative estimate of drug-likeness (QED) is 0.445. The van der Waals surface area contributed by atoms with Crippen molar-refractivity contribution in [1.29, 1.82) is 0 Å². The number of nitrogens with zero attached hydrogens (tertiary/aromatic N) is 2. The van der Waals surface area contributed by atoms with Crippen LogP contribution in [0.15, 0.2) is 48.7 Å². The molecule has 1 aromatic heterocycles. The molecule has 0 aliphatic carbocycles. The fourth-order valence-corrected chi connectivity index (χ4v) is 4.74. The number of ether oxygens (including phenoxy) is 1. The average Bonchev–Trinajstić information content (AvgIpc) is 2.88. The number of likely N-dealkylation sites (tertiary alicyclic amines) is 1. The molecule has 1 saturated heterocycles. The maximum atomic E-state index is 15.3. The van der Waals surface area contributed by atoms with E-state index in [1.807, 2.05) is 4.90 Å². The van der Waals surface area contributed by atoms with Gasteiger partial charge in [-0.25, -0.2) is 13.2 Å². The smallest absolute Gasteiger partial charge is 0.308 e. The van der Waals surface area contributed by atoms with Gasteiger partial charge in [-0.2, -0.15) is 0 Å². The molecule has 5 nitrogen and oxygen atoms in total. The molecule has 0 spiro atoms. The number of pyridine rings is 1. The van der Waals surface area contributed by atoms with Gasteiger partial charge in [-0.1, -0.05) is 11.8 Å². The van der Waals surface area contributed by atoms with Gasteiger partial charge in [0.2, 0.25) is 0 Å². The number of hydrogen-bond acceptors (Lipinski definition) is 4. The van der Waals surface area contributed by atoms with E-state index >= 15 is 4.39 Å². The molecule has 1 aliphatic heterocycles. The minimum absolute atomic E-state index is 0.0938. The van der Waals surface area contributed by atoms with Gasteiger partial charge in [-0.3, -0.25) is 14.7 Å². The van der Waals surface area contributed by atoms with Crippen LogP contribution in [0.4, 0.5) is 13.2 Å². The van der Waals surface area contributed by atoms with Crippen LogP contribution in [0.25, 0.3) is 10.9 Å². The van der Waals surface area contributed by atoms with Gasteiger partial charge in [0.25, 0.3) is 0 Å². The topological polar surface area (TPSA) is 62.7 Å². The minimum atomic E-state index is -1.26. The van der Waals surface area contributed by atoms with Crippen LogP contribution in [0.1, 0.15) is 36.6 Å². The van der Waals surface area contributed by atoms with Crippen molar-refractivity contribution < 1.29 is 27.8 Å². The first-order chi connectivity index (χ1) is 17.4. The number of aromatic nitrogens is 1. The number of benzene rings is 2. The molecular weight excluding hydrogens is 469 g/mol. The van der Waals surface area contributed by atoms with Crippen molar-refractivity contribution >= 4 is 16.9 Å². The van der Waals surface area contributed by atoms with Crippen LogP contribution in [0.5, 0.6) is 5.75 Å². The van der Waals surface area contributed by atoms with Crippen LogP contribution < -0.4 is 4.74 Å². The Kier molecular flexibility index (Phi) is 8.11. The maximum Gasteiger partial charge on any atom is 0.308 e. The number of carboxylic acids is 1. The summed E-state index contributed by atoms with van der Waals surface area (Å²) in [5.41, 5.74) is 1.29. The van der Waals surface area contributed by atoms with Gasteiger partial charge >= 0.3 is 5.97 Å². The highest BCUT2D eigenvalue weighted by Crippen LogP contribution is 2.35. The first-order valence-electron chi connectivity index (χ1n) is 11.8. The monoisotopic (exact) mass is 496 g/mol. The Bertz CT molecular complexity index is 1300. The number of hydrogen-bond donors (Lipinski definition) is 1. The zero-order valence-corrected chi connectivity index (χ0v) is 19.9. The van der Waals surface area contributed by atoms with Crippen LogP contribution in [0.3, 0.4) is 0 Å². The summed E-state index contributed by atoms with van der Waals surface area (Å²) in [5, 5.41) is 10.5. The molecule has 2 heterocycles. The van der Waals surface area contributed by atoms with Gasteiger partial charge in [0.05, 0.1) is 30.7 Å². The second-order valence-electron chi connectivity index (χ2n) is 8.98. The van der Waals surface area contributed by atoms with E-state index in [0.29, 0.717) is 41.6 Å². The van der Waals surface area contributed by atoms with Crippen molar-refractivity contribution in [2.75, 3.05) is 26.7 Å². The summed E-state index contributed by atoms with van der Waals surface area (Å²) in [6, 6.07) is 10.2. The van der Waals surface area contributed by atoms with Crippen molar-refractivity contribution in [3.05, 3.63) is 71.4 Å². The lowest BCUT2D eigenvalue weighted by Crippen LogP contribution is -2.44. The lowest BCUT2D eigenvalue weighted by molar-refractivity contribution is -0.146. The van der Waals surface area contributed by atoms with Crippen LogP contribution in [-0.4, -0.2) is 47.7 Å². The molecule has 1 fully saturated rings. The molecule has 0 radical (unpaired) electrons. The molecular formula is C28H27F3N2O3. The maximum absolute atomic E-state index is 15.3. The predicted molar refractivity (Wildman–Crippen MR) is 130 cm³/mol. The summed E-state index contributed by atoms with van der Waals surface area (Å²) in [7, 11) is 1.55. The summed E-state index contributed by atoms with van der Waals surface area (Å²) >= 11 is 0. The number of fused-ring (bicyclic) bond motifs is 1. The van der Waals surface area contributed by atoms with Gasteiger partial charge in [-0.15, -0.1) is 0 Å². The van der Waals surface area contributed by atoms with Gasteiger partial charge in [0.15, 0.2) is 0 Å². The highest BCUT2D eigenvalue weighted by atomic mass is 19.1. The van der Waals surface area contributed by atoms with E-state index in [0.717, 1.165) is 12.1 Å². The fourth-order valence-electron chi connectivity index (χ4n) is 4.74. The first kappa shape index (κ1) is 25.5. The van der Waals surface area contributed by atoms with E-state index in [4.69, 9.17) is 4.74 Å². The van der Waals surface area contributed by atoms with Crippen molar-refractivity contribution in [3.63, 3.8) is 0 Å². The molecule has 0 bridgehead atoms. The van der Waals surface area contributed by atoms with Gasteiger partial charge in [0.1, 0.15) is 23.6 Å². The van der Waals surface area contributed by atoms with Crippen LogP contribution in [-0.2, 0) is 4.79 Å². The number of rotatable bonds is 7. The molecule has 8 heteroatoms. The number of piperidine rings is 1. The van der Waals surface area contributed by atoms with Crippen LogP contribution in [0, 0.1) is 35.3 Å². The molecule has 1 N–H and O–H groups in total. The third kappa shape index (κ3) is 5.97. The second kappa shape index (κ2) is 11.4. The molecule has 1 aliphatic rings. The average molecular weight is 497 g/mol. The molecule has 2 aromatic carbocycles. The number of alkyl halides is 1. The fraction of sp³-hybridized carbons (Fsp3) is 0.357. The molecule has 0 saturated carbocycles. The second-order valence-corrected chi connectivity index (χ2v) is 8.98. The van der Waals surface area contributed by atoms with Gasteiger partial charge in [0, 0.05) is 24.2 Å². The van der Waals surface area contributed by atoms with Gasteiger partial charge < -0.3 is 9.84 Å². The number of carbonyl (C=O) groups is 1. The van der Waals surface area contributed by atoms with Gasteiger partial charge in [-0.05, 0) is 73.7 Å². The summed E-state index contributed by atoms with van der Waals surface area (Å²) in [6.07, 6.45) is 1.56. The number of methoxy groups -OCH3 is 1. The van der Waals surface area contributed by atoms with E-state index < -0.39 is 29.7 Å². The standard InChI is InChI=1S/C28H27F3N2O3/c1-36-21-7-9-27-23(16-21)22(10-12-32-27)25(30)8-5-18-11-14-33(17-24(18)28(34)35)13-2-3-19-4-6-20(29)15-26(19)31/h4,6-7,9-10,12,15-16,18,24-25H,5,8,11,13-14,17H2,1H3,(H,34,35)/t18-,24+,25?/m1/s1. The number of halogens is 3. The third-order valence-electron chi connectivity index (χ3n) is 6.72. The van der Waals surface area contributed by atoms with E-state index in [2.05, 4.69) is 16.8 Å². The lowest BCUT2D eigenvalue weighted by atomic mass is 9.81. The first-order valence-corrected chi connectivity index (χ1v) is 11.8. The van der Waals surface area contributed by atoms with E-state index in [1.54, 1.807) is 37.6 Å². The van der Waals surface area contributed by atoms with Crippen molar-refractivity contribution in [2.24, 2.45) is 11.8 Å². The Balaban J connectivity index is 1.38. The number of carboxylic acid groups (broad SMARTS) is 1. The summed E-state index contributed by atoms with van der Waals surface area (Å²) in [5.74, 6) is 3.01. The highest BCUT2D eigenvalue weighted by molar-refractivity contribution is 5.83. The predicted octanol–water partition coefficient (Wildman–Crippen LogP) is 5.39. The minimum Gasteiger partial charge on any atom is -0.497 e. The van der Waals surface area contributed by atoms with Crippen molar-refractivity contribution in [3.8, 4) is 17.6 Å². The Morgan fingerprint density at radius 2 is 2.08 bits per heavy atom. The zero-order chi connectivity index (χ0) is 25.7. The normalized spacial score (nSPS) is 18.9. The Morgan fingerprint density at radius 3 is 2.83 bits per heavy atom. The summed E-state index contributed by atoms with van der Waals surface area (Å²) in [4.78, 5) is 18.2. The summed E-state index contributed by atoms with van der Waals surface area (Å²) < 4.78 is 47.4. The largest absolute Gasteiger partial charge is 0.497 e. The van der Waals surface area contributed by atoms with E-state index in [1.165, 1.54) is 6.07 Å². The highest BCUT2D eigenvalue weighted by Gasteiger charge is 2.34. The molecule has 0 amide bonds. The SMILES string of the molecule is COc1ccc2nccc(C(F)CC[C@@H]3CCN(CC#Cc4ccc(F)cc4F)C[C@@H]3C(=O)O)c2c1. The zero-order valence-electron chi connectivity index (χ0n) is 19.9. The summed E-state index contributed by atoms with van der Waals surface area (Å²) in [6.45, 7) is 1.16. The van der Waals surface area contributed by atoms with Crippen molar-refractivity contribution in [1.82, 2.24) is 9.88 Å². The Hall–Kier alpha value is -3.57. The third-order valence-corrected chi connectivity index (χ3v) is 6.72. The molecule has 36 heavy (non-hydrogen) atoms. The molecule has 1 unspecified atom stereocenters. The number of aliphatic carboxylic acids is 1. The Morgan fingerprint density at radius 1 is 1.25 bits per heavy atom. The van der Waals surface area contributed by atoms with Crippen LogP contribution in [0.2, 0.25) is 0 Å². The van der Waals surface area contributed by atoms with Crippen LogP contribution >= 0.6 is 0 Å². The lowest BCUT2D eigenvalue weighted by Gasteiger charge is -2.35. The molecule has 4 rings (SSSR count).